The highest BCUT2D eigenvalue weighted by atomic mass is 35.5. The van der Waals surface area contributed by atoms with Crippen LogP contribution in [-0.4, -0.2) is 51.4 Å². The number of piperidine rings is 1. The maximum atomic E-state index is 14.8. The maximum Gasteiger partial charge on any atom is 0.451 e. The molecule has 0 aliphatic carbocycles. The lowest BCUT2D eigenvalue weighted by Gasteiger charge is -2.34. The van der Waals surface area contributed by atoms with Gasteiger partial charge in [0.15, 0.2) is 17.3 Å². The Labute approximate surface area is 255 Å². The summed E-state index contributed by atoms with van der Waals surface area (Å²) in [6.07, 6.45) is -1.35. The Morgan fingerprint density at radius 3 is 2.52 bits per heavy atom. The molecule has 0 spiro atoms. The first-order chi connectivity index (χ1) is 21.1. The molecule has 2 saturated heterocycles. The fraction of sp³-hybridized carbons (Fsp3) is 0.387. The molecule has 3 aliphatic rings. The van der Waals surface area contributed by atoms with Crippen LogP contribution in [0.3, 0.4) is 0 Å². The third kappa shape index (κ3) is 5.39. The van der Waals surface area contributed by atoms with Crippen molar-refractivity contribution in [3.05, 3.63) is 87.7 Å². The Hall–Kier alpha value is -3.74. The molecule has 1 atom stereocenters. The van der Waals surface area contributed by atoms with Gasteiger partial charge in [0.1, 0.15) is 5.82 Å². The number of hydrogen-bond donors (Lipinski definition) is 1. The van der Waals surface area contributed by atoms with Crippen molar-refractivity contribution in [2.75, 3.05) is 26.3 Å². The molecular formula is C31H28ClF4N5O3. The van der Waals surface area contributed by atoms with E-state index in [9.17, 15) is 17.6 Å². The summed E-state index contributed by atoms with van der Waals surface area (Å²) in [7, 11) is 0. The predicted molar refractivity (Wildman–Crippen MR) is 152 cm³/mol. The van der Waals surface area contributed by atoms with Crippen molar-refractivity contribution in [2.45, 2.75) is 50.1 Å². The molecule has 7 rings (SSSR count). The van der Waals surface area contributed by atoms with Crippen molar-refractivity contribution in [1.82, 2.24) is 25.1 Å². The van der Waals surface area contributed by atoms with Crippen LogP contribution in [0.25, 0.3) is 11.4 Å². The van der Waals surface area contributed by atoms with Gasteiger partial charge in [0.05, 0.1) is 24.5 Å². The maximum absolute atomic E-state index is 14.8. The van der Waals surface area contributed by atoms with Crippen LogP contribution < -0.4 is 9.47 Å². The van der Waals surface area contributed by atoms with Crippen LogP contribution >= 0.6 is 11.6 Å². The number of aromatic nitrogens is 4. The first kappa shape index (κ1) is 29.0. The fourth-order valence-corrected chi connectivity index (χ4v) is 6.26. The Morgan fingerprint density at radius 2 is 1.84 bits per heavy atom. The van der Waals surface area contributed by atoms with Crippen molar-refractivity contribution in [2.24, 2.45) is 0 Å². The summed E-state index contributed by atoms with van der Waals surface area (Å²) in [5, 5.41) is 6.02. The van der Waals surface area contributed by atoms with Gasteiger partial charge in [-0.25, -0.2) is 9.37 Å². The lowest BCUT2D eigenvalue weighted by Crippen LogP contribution is -2.34. The van der Waals surface area contributed by atoms with Gasteiger partial charge in [-0.05, 0) is 67.7 Å². The second-order valence-corrected chi connectivity index (χ2v) is 11.9. The van der Waals surface area contributed by atoms with Crippen LogP contribution in [0.2, 0.25) is 5.02 Å². The minimum Gasteiger partial charge on any atom is -0.444 e. The summed E-state index contributed by atoms with van der Waals surface area (Å²) >= 11 is 5.95. The SMILES string of the molecule is C[C@@]1(c2ccc(Cl)cc2F)Oc2cccc(C3CCN(Cc4ncc(-c5n[nH]c(C(F)(F)F)n5)cc4C4COC4)CC3)c2O1. The second kappa shape index (κ2) is 11.0. The Morgan fingerprint density at radius 1 is 1.05 bits per heavy atom. The van der Waals surface area contributed by atoms with Gasteiger partial charge in [0, 0.05) is 41.7 Å². The molecule has 13 heteroatoms. The third-order valence-electron chi connectivity index (χ3n) is 8.53. The first-order valence-corrected chi connectivity index (χ1v) is 14.7. The van der Waals surface area contributed by atoms with Crippen molar-refractivity contribution < 1.29 is 31.8 Å². The number of nitrogens with zero attached hydrogens (tertiary/aromatic N) is 4. The predicted octanol–water partition coefficient (Wildman–Crippen LogP) is 6.82. The van der Waals surface area contributed by atoms with E-state index in [1.807, 2.05) is 29.4 Å². The molecule has 1 N–H and O–H groups in total. The van der Waals surface area contributed by atoms with Crippen molar-refractivity contribution in [3.63, 3.8) is 0 Å². The van der Waals surface area contributed by atoms with Crippen molar-refractivity contribution >= 4 is 11.6 Å². The van der Waals surface area contributed by atoms with E-state index >= 15 is 0 Å². The zero-order valence-corrected chi connectivity index (χ0v) is 24.4. The van der Waals surface area contributed by atoms with E-state index in [4.69, 9.17) is 25.8 Å². The van der Waals surface area contributed by atoms with Gasteiger partial charge in [-0.2, -0.15) is 18.3 Å². The number of H-pyrrole nitrogens is 1. The highest BCUT2D eigenvalue weighted by Crippen LogP contribution is 2.50. The summed E-state index contributed by atoms with van der Waals surface area (Å²) in [6, 6.07) is 12.1. The van der Waals surface area contributed by atoms with Crippen LogP contribution in [0.4, 0.5) is 17.6 Å². The van der Waals surface area contributed by atoms with Crippen LogP contribution in [0.5, 0.6) is 11.5 Å². The van der Waals surface area contributed by atoms with Crippen molar-refractivity contribution in [3.8, 4) is 22.9 Å². The van der Waals surface area contributed by atoms with Gasteiger partial charge >= 0.3 is 6.18 Å². The molecule has 0 radical (unpaired) electrons. The molecule has 2 aromatic carbocycles. The fourth-order valence-electron chi connectivity index (χ4n) is 6.10. The second-order valence-electron chi connectivity index (χ2n) is 11.5. The average molecular weight is 630 g/mol. The smallest absolute Gasteiger partial charge is 0.444 e. The van der Waals surface area contributed by atoms with Gasteiger partial charge in [0.25, 0.3) is 5.79 Å². The number of ether oxygens (including phenoxy) is 3. The van der Waals surface area contributed by atoms with E-state index < -0.39 is 23.6 Å². The van der Waals surface area contributed by atoms with Crippen LogP contribution in [0.1, 0.15) is 59.8 Å². The number of hydrogen-bond acceptors (Lipinski definition) is 7. The molecule has 2 fully saturated rings. The number of halogens is 5. The zero-order chi connectivity index (χ0) is 30.6. The summed E-state index contributed by atoms with van der Waals surface area (Å²) in [5.74, 6) is -1.46. The number of rotatable bonds is 6. The van der Waals surface area contributed by atoms with Gasteiger partial charge in [-0.15, -0.1) is 0 Å². The summed E-state index contributed by atoms with van der Waals surface area (Å²) in [4.78, 5) is 10.6. The molecule has 0 saturated carbocycles. The summed E-state index contributed by atoms with van der Waals surface area (Å²) in [5.41, 5.74) is 3.53. The van der Waals surface area contributed by atoms with E-state index in [0.717, 1.165) is 42.8 Å². The van der Waals surface area contributed by atoms with Gasteiger partial charge in [0.2, 0.25) is 5.82 Å². The van der Waals surface area contributed by atoms with Gasteiger partial charge in [-0.3, -0.25) is 15.0 Å². The quantitative estimate of drug-likeness (QED) is 0.234. The van der Waals surface area contributed by atoms with Crippen molar-refractivity contribution in [1.29, 1.82) is 0 Å². The molecule has 0 amide bonds. The van der Waals surface area contributed by atoms with E-state index in [2.05, 4.69) is 20.0 Å². The van der Waals surface area contributed by atoms with Gasteiger partial charge in [-0.1, -0.05) is 23.7 Å². The monoisotopic (exact) mass is 629 g/mol. The minimum absolute atomic E-state index is 0.0461. The van der Waals surface area contributed by atoms with E-state index in [1.54, 1.807) is 19.1 Å². The normalized spacial score (nSPS) is 21.0. The Balaban J connectivity index is 1.05. The number of aromatic amines is 1. The minimum atomic E-state index is -4.61. The van der Waals surface area contributed by atoms with Crippen LogP contribution in [0, 0.1) is 5.82 Å². The largest absolute Gasteiger partial charge is 0.451 e. The molecule has 0 bridgehead atoms. The number of pyridine rings is 1. The molecule has 2 aromatic heterocycles. The molecular weight excluding hydrogens is 602 g/mol. The average Bonchev–Trinajstić information content (AvgIpc) is 3.59. The summed E-state index contributed by atoms with van der Waals surface area (Å²) < 4.78 is 71.8. The number of para-hydroxylation sites is 1. The first-order valence-electron chi connectivity index (χ1n) is 14.3. The number of benzene rings is 2. The third-order valence-corrected chi connectivity index (χ3v) is 8.76. The van der Waals surface area contributed by atoms with Crippen LogP contribution in [-0.2, 0) is 23.2 Å². The Bertz CT molecular complexity index is 1700. The summed E-state index contributed by atoms with van der Waals surface area (Å²) in [6.45, 7) is 4.97. The van der Waals surface area contributed by atoms with E-state index in [1.165, 1.54) is 12.3 Å². The van der Waals surface area contributed by atoms with Gasteiger partial charge < -0.3 is 14.2 Å². The number of likely N-dealkylation sites (tertiary alicyclic amines) is 1. The van der Waals surface area contributed by atoms with Crippen LogP contribution in [0.15, 0.2) is 48.7 Å². The molecule has 0 unspecified atom stereocenters. The highest BCUT2D eigenvalue weighted by Gasteiger charge is 2.43. The molecule has 230 valence electrons. The molecule has 44 heavy (non-hydrogen) atoms. The molecule has 4 aromatic rings. The zero-order valence-electron chi connectivity index (χ0n) is 23.6. The number of alkyl halides is 3. The number of nitrogens with one attached hydrogen (secondary N) is 1. The Kier molecular flexibility index (Phi) is 7.25. The number of fused-ring (bicyclic) bond motifs is 1. The lowest BCUT2D eigenvalue weighted by atomic mass is 9.88. The topological polar surface area (TPSA) is 85.4 Å². The highest BCUT2D eigenvalue weighted by molar-refractivity contribution is 6.30. The molecule has 5 heterocycles. The molecule has 8 nitrogen and oxygen atoms in total. The van der Waals surface area contributed by atoms with E-state index in [0.29, 0.717) is 41.8 Å². The standard InChI is InChI=1S/C31H28ClF4N5O3/c1-30(23-6-5-20(32)12-24(23)33)43-26-4-2-3-21(27(26)44-30)17-7-9-41(10-8-17)14-25-22(19-15-42-16-19)11-18(13-37-25)28-38-29(40-39-28)31(34,35)36/h2-6,11-13,17,19H,7-10,14-16H2,1H3,(H,38,39,40)/t30-/m1/s1. The molecule has 3 aliphatic heterocycles. The van der Waals surface area contributed by atoms with E-state index in [-0.39, 0.29) is 23.2 Å². The lowest BCUT2D eigenvalue weighted by molar-refractivity contribution is -0.144.